The zero-order valence-corrected chi connectivity index (χ0v) is 19.0. The Labute approximate surface area is 186 Å². The summed E-state index contributed by atoms with van der Waals surface area (Å²) < 4.78 is 29.1. The van der Waals surface area contributed by atoms with E-state index in [1.54, 1.807) is 41.8 Å². The number of benzene rings is 2. The second-order valence-corrected chi connectivity index (χ2v) is 10.0. The summed E-state index contributed by atoms with van der Waals surface area (Å²) in [6.07, 6.45) is 4.54. The second kappa shape index (κ2) is 7.31. The van der Waals surface area contributed by atoms with E-state index in [-0.39, 0.29) is 10.8 Å². The summed E-state index contributed by atoms with van der Waals surface area (Å²) in [5.74, 6) is 0.271. The predicted octanol–water partition coefficient (Wildman–Crippen LogP) is 4.67. The molecule has 5 rings (SSSR count). The summed E-state index contributed by atoms with van der Waals surface area (Å²) in [4.78, 5) is 18.0. The van der Waals surface area contributed by atoms with Crippen LogP contribution in [-0.4, -0.2) is 27.8 Å². The summed E-state index contributed by atoms with van der Waals surface area (Å²) in [6, 6.07) is 14.6. The average molecular weight is 446 g/mol. The first kappa shape index (κ1) is 20.5. The first-order valence-electron chi connectivity index (χ1n) is 10.5. The Morgan fingerprint density at radius 2 is 1.69 bits per heavy atom. The van der Waals surface area contributed by atoms with E-state index in [1.807, 2.05) is 31.2 Å². The third-order valence-corrected chi connectivity index (χ3v) is 7.88. The molecule has 0 aliphatic carbocycles. The highest BCUT2D eigenvalue weighted by atomic mass is 32.2. The summed E-state index contributed by atoms with van der Waals surface area (Å²) in [5, 5.41) is 1.08. The number of hydrogen-bond donors (Lipinski definition) is 0. The number of carbonyl (C=O) groups is 1. The fraction of sp³-hybridized carbons (Fsp3) is 0.200. The zero-order chi connectivity index (χ0) is 22.6. The van der Waals surface area contributed by atoms with Gasteiger partial charge >= 0.3 is 0 Å². The molecule has 0 fully saturated rings. The predicted molar refractivity (Wildman–Crippen MR) is 124 cm³/mol. The van der Waals surface area contributed by atoms with Gasteiger partial charge in [0, 0.05) is 22.9 Å². The highest BCUT2D eigenvalue weighted by Crippen LogP contribution is 2.32. The Hall–Kier alpha value is -3.45. The molecule has 1 aliphatic heterocycles. The number of nitrogens with zero attached hydrogens (tertiary/aromatic N) is 3. The van der Waals surface area contributed by atoms with Crippen molar-refractivity contribution in [2.24, 2.45) is 0 Å². The monoisotopic (exact) mass is 445 g/mol. The number of aryl methyl sites for hydroxylation is 3. The van der Waals surface area contributed by atoms with Crippen LogP contribution in [0.25, 0.3) is 17.0 Å². The van der Waals surface area contributed by atoms with Gasteiger partial charge in [-0.05, 0) is 63.5 Å². The molecule has 162 valence electrons. The zero-order valence-electron chi connectivity index (χ0n) is 18.2. The quantitative estimate of drug-likeness (QED) is 0.430. The molecule has 0 amide bonds. The van der Waals surface area contributed by atoms with Gasteiger partial charge in [0.15, 0.2) is 0 Å². The van der Waals surface area contributed by atoms with Gasteiger partial charge in [-0.15, -0.1) is 0 Å². The summed E-state index contributed by atoms with van der Waals surface area (Å²) in [7, 11) is -3.76. The van der Waals surface area contributed by atoms with Crippen molar-refractivity contribution in [3.63, 3.8) is 0 Å². The van der Waals surface area contributed by atoms with Crippen LogP contribution in [0.15, 0.2) is 65.2 Å². The van der Waals surface area contributed by atoms with Crippen LogP contribution < -0.4 is 0 Å². The third-order valence-electron chi connectivity index (χ3n) is 6.12. The SMILES string of the molecule is Cc1ccc(S(=O)(=O)n2cc(C=C3CCc4c(C)c5ccccc5n4C3=O)nc2C)cc1. The Bertz CT molecular complexity index is 1520. The number of imidazole rings is 1. The molecule has 4 aromatic rings. The smallest absolute Gasteiger partial charge is 0.269 e. The highest BCUT2D eigenvalue weighted by Gasteiger charge is 2.27. The summed E-state index contributed by atoms with van der Waals surface area (Å²) in [6.45, 7) is 5.61. The van der Waals surface area contributed by atoms with Gasteiger partial charge in [-0.1, -0.05) is 35.9 Å². The van der Waals surface area contributed by atoms with Gasteiger partial charge in [-0.3, -0.25) is 9.36 Å². The van der Waals surface area contributed by atoms with E-state index in [4.69, 9.17) is 0 Å². The Kier molecular flexibility index (Phi) is 4.67. The maximum atomic E-state index is 13.3. The Morgan fingerprint density at radius 1 is 0.969 bits per heavy atom. The molecule has 3 heterocycles. The van der Waals surface area contributed by atoms with Crippen molar-refractivity contribution < 1.29 is 13.2 Å². The largest absolute Gasteiger partial charge is 0.280 e. The Balaban J connectivity index is 1.54. The van der Waals surface area contributed by atoms with Crippen LogP contribution in [-0.2, 0) is 16.4 Å². The van der Waals surface area contributed by atoms with E-state index < -0.39 is 10.0 Å². The number of aromatic nitrogens is 3. The molecule has 0 saturated heterocycles. The van der Waals surface area contributed by atoms with E-state index in [9.17, 15) is 13.2 Å². The normalized spacial score (nSPS) is 15.5. The van der Waals surface area contributed by atoms with Gasteiger partial charge in [-0.2, -0.15) is 0 Å². The van der Waals surface area contributed by atoms with E-state index in [1.165, 1.54) is 10.2 Å². The molecule has 2 aromatic carbocycles. The molecular formula is C25H23N3O3S. The van der Waals surface area contributed by atoms with Crippen molar-refractivity contribution in [2.45, 2.75) is 38.5 Å². The second-order valence-electron chi connectivity index (χ2n) is 8.23. The lowest BCUT2D eigenvalue weighted by Gasteiger charge is -2.18. The van der Waals surface area contributed by atoms with E-state index in [0.29, 0.717) is 23.5 Å². The van der Waals surface area contributed by atoms with Gasteiger partial charge in [0.25, 0.3) is 15.9 Å². The number of carbonyl (C=O) groups excluding carboxylic acids is 1. The first-order valence-corrected chi connectivity index (χ1v) is 11.9. The van der Waals surface area contributed by atoms with Crippen molar-refractivity contribution in [2.75, 3.05) is 0 Å². The summed E-state index contributed by atoms with van der Waals surface area (Å²) in [5.41, 5.74) is 5.14. The number of rotatable bonds is 3. The van der Waals surface area contributed by atoms with Crippen LogP contribution in [0.5, 0.6) is 0 Å². The summed E-state index contributed by atoms with van der Waals surface area (Å²) >= 11 is 0. The van der Waals surface area contributed by atoms with Gasteiger partial charge in [0.05, 0.1) is 16.1 Å². The molecular weight excluding hydrogens is 422 g/mol. The van der Waals surface area contributed by atoms with Crippen LogP contribution in [0.4, 0.5) is 0 Å². The minimum absolute atomic E-state index is 0.0795. The van der Waals surface area contributed by atoms with Crippen LogP contribution >= 0.6 is 0 Å². The molecule has 0 N–H and O–H groups in total. The molecule has 0 spiro atoms. The lowest BCUT2D eigenvalue weighted by molar-refractivity contribution is 0.0946. The molecule has 0 bridgehead atoms. The van der Waals surface area contributed by atoms with Crippen molar-refractivity contribution in [1.29, 1.82) is 0 Å². The lowest BCUT2D eigenvalue weighted by atomic mass is 10.0. The fourth-order valence-corrected chi connectivity index (χ4v) is 5.76. The molecule has 32 heavy (non-hydrogen) atoms. The van der Waals surface area contributed by atoms with Crippen molar-refractivity contribution >= 4 is 32.9 Å². The topological polar surface area (TPSA) is 74.0 Å². The van der Waals surface area contributed by atoms with Gasteiger partial charge < -0.3 is 0 Å². The first-order chi connectivity index (χ1) is 15.3. The number of para-hydroxylation sites is 1. The van der Waals surface area contributed by atoms with E-state index >= 15 is 0 Å². The van der Waals surface area contributed by atoms with Crippen LogP contribution in [0, 0.1) is 20.8 Å². The highest BCUT2D eigenvalue weighted by molar-refractivity contribution is 7.90. The molecule has 0 saturated carbocycles. The molecule has 0 atom stereocenters. The van der Waals surface area contributed by atoms with Gasteiger partial charge in [0.1, 0.15) is 5.82 Å². The van der Waals surface area contributed by atoms with Crippen molar-refractivity contribution in [3.05, 3.63) is 88.6 Å². The third kappa shape index (κ3) is 3.12. The van der Waals surface area contributed by atoms with Crippen molar-refractivity contribution in [1.82, 2.24) is 13.5 Å². The fourth-order valence-electron chi connectivity index (χ4n) is 4.42. The van der Waals surface area contributed by atoms with Crippen LogP contribution in [0.2, 0.25) is 0 Å². The molecule has 6 nitrogen and oxygen atoms in total. The molecule has 2 aromatic heterocycles. The maximum absolute atomic E-state index is 13.3. The lowest BCUT2D eigenvalue weighted by Crippen LogP contribution is -2.22. The van der Waals surface area contributed by atoms with Crippen LogP contribution in [0.1, 0.15) is 39.6 Å². The standard InChI is InChI=1S/C25H23N3O3S/c1-16-8-11-21(12-9-16)32(30,31)27-15-20(26-18(27)3)14-19-10-13-23-17(2)22-6-4-5-7-24(22)28(23)25(19)29/h4-9,11-12,14-15H,10,13H2,1-3H3. The van der Waals surface area contributed by atoms with Crippen LogP contribution in [0.3, 0.4) is 0 Å². The van der Waals surface area contributed by atoms with Gasteiger partial charge in [-0.25, -0.2) is 17.4 Å². The molecule has 7 heteroatoms. The van der Waals surface area contributed by atoms with E-state index in [0.717, 1.165) is 34.1 Å². The number of hydrogen-bond acceptors (Lipinski definition) is 4. The van der Waals surface area contributed by atoms with Crippen molar-refractivity contribution in [3.8, 4) is 0 Å². The van der Waals surface area contributed by atoms with E-state index in [2.05, 4.69) is 11.9 Å². The molecule has 0 unspecified atom stereocenters. The number of allylic oxidation sites excluding steroid dienone is 1. The minimum Gasteiger partial charge on any atom is -0.280 e. The van der Waals surface area contributed by atoms with Gasteiger partial charge in [0.2, 0.25) is 0 Å². The molecule has 0 radical (unpaired) electrons. The number of fused-ring (bicyclic) bond motifs is 3. The Morgan fingerprint density at radius 3 is 2.44 bits per heavy atom. The minimum atomic E-state index is -3.76. The molecule has 1 aliphatic rings. The maximum Gasteiger partial charge on any atom is 0.269 e. The average Bonchev–Trinajstić information content (AvgIpc) is 3.29.